The highest BCUT2D eigenvalue weighted by atomic mass is 79.9. The van der Waals surface area contributed by atoms with Gasteiger partial charge in [-0.2, -0.15) is 0 Å². The minimum absolute atomic E-state index is 0.0695. The first-order chi connectivity index (χ1) is 9.17. The lowest BCUT2D eigenvalue weighted by Gasteiger charge is -2.28. The average Bonchev–Trinajstić information content (AvgIpc) is 2.47. The quantitative estimate of drug-likeness (QED) is 0.756. The number of halogens is 2. The van der Waals surface area contributed by atoms with E-state index < -0.39 is 0 Å². The van der Waals surface area contributed by atoms with Crippen molar-refractivity contribution in [2.24, 2.45) is 0 Å². The summed E-state index contributed by atoms with van der Waals surface area (Å²) < 4.78 is 16.4. The van der Waals surface area contributed by atoms with Crippen LogP contribution in [0.5, 0.6) is 11.5 Å². The van der Waals surface area contributed by atoms with Crippen molar-refractivity contribution < 1.29 is 14.2 Å². The van der Waals surface area contributed by atoms with Gasteiger partial charge in [-0.1, -0.05) is 27.5 Å². The first-order valence-electron chi connectivity index (χ1n) is 6.34. The molecule has 1 heterocycles. The van der Waals surface area contributed by atoms with Crippen molar-refractivity contribution in [1.29, 1.82) is 0 Å². The third kappa shape index (κ3) is 3.36. The van der Waals surface area contributed by atoms with Crippen LogP contribution in [0.25, 0.3) is 0 Å². The lowest BCUT2D eigenvalue weighted by molar-refractivity contribution is 0.0160. The molecule has 5 heteroatoms. The second kappa shape index (κ2) is 6.82. The zero-order valence-electron chi connectivity index (χ0n) is 11.1. The molecule has 1 aliphatic heterocycles. The predicted molar refractivity (Wildman–Crippen MR) is 79.8 cm³/mol. The van der Waals surface area contributed by atoms with Gasteiger partial charge in [0, 0.05) is 17.7 Å². The SMILES string of the molecule is COc1cc(Cl)c(C(Br)C2CCCCO2)cc1OC. The first kappa shape index (κ1) is 14.9. The third-order valence-electron chi connectivity index (χ3n) is 3.34. The smallest absolute Gasteiger partial charge is 0.162 e. The maximum Gasteiger partial charge on any atom is 0.162 e. The van der Waals surface area contributed by atoms with Gasteiger partial charge in [-0.05, 0) is 30.9 Å². The Balaban J connectivity index is 2.27. The summed E-state index contributed by atoms with van der Waals surface area (Å²) >= 11 is 10.0. The predicted octanol–water partition coefficient (Wildman–Crippen LogP) is 4.36. The molecule has 1 aliphatic rings. The van der Waals surface area contributed by atoms with E-state index in [1.54, 1.807) is 20.3 Å². The number of hydrogen-bond donors (Lipinski definition) is 0. The Bertz CT molecular complexity index is 433. The van der Waals surface area contributed by atoms with Gasteiger partial charge in [0.1, 0.15) is 0 Å². The van der Waals surface area contributed by atoms with Gasteiger partial charge in [-0.15, -0.1) is 0 Å². The van der Waals surface area contributed by atoms with Crippen LogP contribution in [0, 0.1) is 0 Å². The van der Waals surface area contributed by atoms with Gasteiger partial charge < -0.3 is 14.2 Å². The monoisotopic (exact) mass is 348 g/mol. The zero-order valence-corrected chi connectivity index (χ0v) is 13.5. The van der Waals surface area contributed by atoms with Crippen LogP contribution in [-0.4, -0.2) is 26.9 Å². The summed E-state index contributed by atoms with van der Waals surface area (Å²) in [5.41, 5.74) is 0.978. The Morgan fingerprint density at radius 1 is 1.26 bits per heavy atom. The van der Waals surface area contributed by atoms with Gasteiger partial charge in [-0.3, -0.25) is 0 Å². The number of alkyl halides is 1. The molecule has 0 spiro atoms. The molecular weight excluding hydrogens is 332 g/mol. The number of hydrogen-bond acceptors (Lipinski definition) is 3. The summed E-state index contributed by atoms with van der Waals surface area (Å²) in [5.74, 6) is 1.32. The highest BCUT2D eigenvalue weighted by molar-refractivity contribution is 9.09. The highest BCUT2D eigenvalue weighted by Gasteiger charge is 2.26. The van der Waals surface area contributed by atoms with E-state index in [9.17, 15) is 0 Å². The van der Waals surface area contributed by atoms with E-state index in [4.69, 9.17) is 25.8 Å². The first-order valence-corrected chi connectivity index (χ1v) is 7.63. The lowest BCUT2D eigenvalue weighted by atomic mass is 10.0. The Labute approximate surface area is 127 Å². The van der Waals surface area contributed by atoms with E-state index in [1.807, 2.05) is 6.07 Å². The Kier molecular flexibility index (Phi) is 5.37. The minimum Gasteiger partial charge on any atom is -0.493 e. The summed E-state index contributed by atoms with van der Waals surface area (Å²) in [6, 6.07) is 3.70. The fraction of sp³-hybridized carbons (Fsp3) is 0.571. The molecule has 0 aliphatic carbocycles. The van der Waals surface area contributed by atoms with Crippen molar-refractivity contribution in [3.8, 4) is 11.5 Å². The van der Waals surface area contributed by atoms with Gasteiger partial charge in [0.2, 0.25) is 0 Å². The molecule has 1 aromatic rings. The number of ether oxygens (including phenoxy) is 3. The van der Waals surface area contributed by atoms with Crippen molar-refractivity contribution in [3.05, 3.63) is 22.7 Å². The second-order valence-electron chi connectivity index (χ2n) is 4.54. The third-order valence-corrected chi connectivity index (χ3v) is 4.75. The maximum atomic E-state index is 6.33. The molecule has 106 valence electrons. The Morgan fingerprint density at radius 2 is 1.95 bits per heavy atom. The normalized spacial score (nSPS) is 20.9. The molecule has 1 aromatic carbocycles. The number of benzene rings is 1. The molecule has 0 radical (unpaired) electrons. The molecule has 1 fully saturated rings. The lowest BCUT2D eigenvalue weighted by Crippen LogP contribution is -2.23. The largest absolute Gasteiger partial charge is 0.493 e. The van der Waals surface area contributed by atoms with Crippen molar-refractivity contribution in [2.75, 3.05) is 20.8 Å². The van der Waals surface area contributed by atoms with Crippen LogP contribution in [0.1, 0.15) is 29.7 Å². The van der Waals surface area contributed by atoms with E-state index >= 15 is 0 Å². The van der Waals surface area contributed by atoms with E-state index in [0.717, 1.165) is 25.0 Å². The van der Waals surface area contributed by atoms with Gasteiger partial charge in [0.05, 0.1) is 25.2 Å². The van der Waals surface area contributed by atoms with Gasteiger partial charge in [0.25, 0.3) is 0 Å². The van der Waals surface area contributed by atoms with Crippen molar-refractivity contribution in [1.82, 2.24) is 0 Å². The molecule has 0 amide bonds. The molecule has 3 nitrogen and oxygen atoms in total. The van der Waals surface area contributed by atoms with Crippen LogP contribution >= 0.6 is 27.5 Å². The van der Waals surface area contributed by atoms with Gasteiger partial charge in [0.15, 0.2) is 11.5 Å². The van der Waals surface area contributed by atoms with Gasteiger partial charge in [-0.25, -0.2) is 0 Å². The second-order valence-corrected chi connectivity index (χ2v) is 5.93. The average molecular weight is 350 g/mol. The standard InChI is InChI=1S/C14H18BrClO3/c1-17-12-7-9(10(16)8-13(12)18-2)14(15)11-5-3-4-6-19-11/h7-8,11,14H,3-6H2,1-2H3. The molecule has 0 aromatic heterocycles. The zero-order chi connectivity index (χ0) is 13.8. The summed E-state index contributed by atoms with van der Waals surface area (Å²) in [6.45, 7) is 0.817. The molecular formula is C14H18BrClO3. The van der Waals surface area contributed by atoms with Crippen molar-refractivity contribution in [2.45, 2.75) is 30.2 Å². The van der Waals surface area contributed by atoms with E-state index in [0.29, 0.717) is 16.5 Å². The highest BCUT2D eigenvalue weighted by Crippen LogP contribution is 2.42. The van der Waals surface area contributed by atoms with Crippen LogP contribution in [0.4, 0.5) is 0 Å². The van der Waals surface area contributed by atoms with Crippen LogP contribution in [-0.2, 0) is 4.74 Å². The van der Waals surface area contributed by atoms with Crippen molar-refractivity contribution >= 4 is 27.5 Å². The van der Waals surface area contributed by atoms with E-state index in [1.165, 1.54) is 6.42 Å². The van der Waals surface area contributed by atoms with Crippen LogP contribution < -0.4 is 9.47 Å². The van der Waals surface area contributed by atoms with Gasteiger partial charge >= 0.3 is 0 Å². The summed E-state index contributed by atoms with van der Waals surface area (Å²) in [4.78, 5) is 0.0695. The van der Waals surface area contributed by atoms with Crippen LogP contribution in [0.2, 0.25) is 5.02 Å². The number of methoxy groups -OCH3 is 2. The molecule has 0 saturated carbocycles. The topological polar surface area (TPSA) is 27.7 Å². The molecule has 2 atom stereocenters. The summed E-state index contributed by atoms with van der Waals surface area (Å²) in [5, 5.41) is 0.661. The van der Waals surface area contributed by atoms with Crippen molar-refractivity contribution in [3.63, 3.8) is 0 Å². The molecule has 19 heavy (non-hydrogen) atoms. The number of rotatable bonds is 4. The molecule has 2 rings (SSSR count). The molecule has 0 bridgehead atoms. The fourth-order valence-electron chi connectivity index (χ4n) is 2.28. The fourth-order valence-corrected chi connectivity index (χ4v) is 3.48. The van der Waals surface area contributed by atoms with E-state index in [2.05, 4.69) is 15.9 Å². The van der Waals surface area contributed by atoms with E-state index in [-0.39, 0.29) is 10.9 Å². The molecule has 2 unspecified atom stereocenters. The van der Waals surface area contributed by atoms with Crippen LogP contribution in [0.3, 0.4) is 0 Å². The maximum absolute atomic E-state index is 6.33. The van der Waals surface area contributed by atoms with Crippen LogP contribution in [0.15, 0.2) is 12.1 Å². The molecule has 0 N–H and O–H groups in total. The summed E-state index contributed by atoms with van der Waals surface area (Å²) in [7, 11) is 3.22. The Morgan fingerprint density at radius 3 is 2.53 bits per heavy atom. The Hall–Kier alpha value is -0.450. The summed E-state index contributed by atoms with van der Waals surface area (Å²) in [6.07, 6.45) is 3.53. The molecule has 1 saturated heterocycles. The minimum atomic E-state index is 0.0695.